The molecule has 0 aliphatic carbocycles. The van der Waals surface area contributed by atoms with Crippen LogP contribution in [-0.2, 0) is 5.88 Å². The highest BCUT2D eigenvalue weighted by Gasteiger charge is 2.12. The first kappa shape index (κ1) is 11.0. The highest BCUT2D eigenvalue weighted by atomic mass is 79.9. The Morgan fingerprint density at radius 3 is 2.87 bits per heavy atom. The summed E-state index contributed by atoms with van der Waals surface area (Å²) < 4.78 is 6.19. The van der Waals surface area contributed by atoms with Crippen LogP contribution >= 0.6 is 39.1 Å². The molecule has 78 valence electrons. The normalized spacial score (nSPS) is 10.6. The van der Waals surface area contributed by atoms with Crippen molar-refractivity contribution in [3.8, 4) is 11.3 Å². The van der Waals surface area contributed by atoms with Crippen LogP contribution in [0.2, 0.25) is 5.02 Å². The van der Waals surface area contributed by atoms with E-state index in [1.54, 1.807) is 6.07 Å². The van der Waals surface area contributed by atoms with Crippen molar-refractivity contribution in [2.45, 2.75) is 5.88 Å². The van der Waals surface area contributed by atoms with Crippen molar-refractivity contribution in [2.24, 2.45) is 0 Å². The minimum atomic E-state index is 0.304. The van der Waals surface area contributed by atoms with Gasteiger partial charge in [-0.15, -0.1) is 11.6 Å². The van der Waals surface area contributed by atoms with E-state index in [1.165, 1.54) is 6.39 Å². The molecule has 0 radical (unpaired) electrons. The van der Waals surface area contributed by atoms with Gasteiger partial charge in [0.05, 0.1) is 10.9 Å². The van der Waals surface area contributed by atoms with Gasteiger partial charge in [-0.2, -0.15) is 0 Å². The van der Waals surface area contributed by atoms with Crippen LogP contribution in [0.25, 0.3) is 11.3 Å². The highest BCUT2D eigenvalue weighted by Crippen LogP contribution is 2.32. The molecule has 0 spiro atoms. The molecule has 2 nitrogen and oxygen atoms in total. The van der Waals surface area contributed by atoms with Crippen LogP contribution in [0.4, 0.5) is 0 Å². The van der Waals surface area contributed by atoms with E-state index in [0.29, 0.717) is 22.4 Å². The fourth-order valence-electron chi connectivity index (χ4n) is 1.26. The summed E-state index contributed by atoms with van der Waals surface area (Å²) in [6.45, 7) is 0. The third kappa shape index (κ3) is 2.19. The first-order valence-electron chi connectivity index (χ1n) is 4.16. The lowest BCUT2D eigenvalue weighted by Crippen LogP contribution is -1.84. The van der Waals surface area contributed by atoms with E-state index in [4.69, 9.17) is 27.6 Å². The van der Waals surface area contributed by atoms with E-state index < -0.39 is 0 Å². The summed E-state index contributed by atoms with van der Waals surface area (Å²) in [5, 5.41) is 0.604. The molecular weight excluding hydrogens is 301 g/mol. The van der Waals surface area contributed by atoms with Crippen LogP contribution in [0.3, 0.4) is 0 Å². The molecule has 2 rings (SSSR count). The second-order valence-corrected chi connectivity index (χ2v) is 4.48. The van der Waals surface area contributed by atoms with Crippen molar-refractivity contribution >= 4 is 39.1 Å². The lowest BCUT2D eigenvalue weighted by Gasteiger charge is -2.02. The maximum atomic E-state index is 6.09. The van der Waals surface area contributed by atoms with Crippen LogP contribution in [-0.4, -0.2) is 4.98 Å². The Labute approximate surface area is 105 Å². The number of aromatic nitrogens is 1. The summed E-state index contributed by atoms with van der Waals surface area (Å²) in [6.07, 6.45) is 1.37. The van der Waals surface area contributed by atoms with Gasteiger partial charge in [-0.05, 0) is 18.2 Å². The first-order valence-corrected chi connectivity index (χ1v) is 5.86. The molecule has 0 unspecified atom stereocenters. The molecule has 1 aromatic carbocycles. The van der Waals surface area contributed by atoms with Gasteiger partial charge >= 0.3 is 0 Å². The molecular formula is C10H6BrCl2NO. The second-order valence-electron chi connectivity index (χ2n) is 2.89. The quantitative estimate of drug-likeness (QED) is 0.764. The zero-order chi connectivity index (χ0) is 10.8. The van der Waals surface area contributed by atoms with E-state index in [2.05, 4.69) is 20.9 Å². The number of rotatable bonds is 2. The molecule has 1 aromatic heterocycles. The Hall–Kier alpha value is -0.510. The van der Waals surface area contributed by atoms with Gasteiger partial charge in [0, 0.05) is 10.0 Å². The van der Waals surface area contributed by atoms with Crippen LogP contribution in [0.5, 0.6) is 0 Å². The predicted molar refractivity (Wildman–Crippen MR) is 64.2 cm³/mol. The van der Waals surface area contributed by atoms with Gasteiger partial charge in [0.2, 0.25) is 0 Å². The molecule has 0 amide bonds. The van der Waals surface area contributed by atoms with Crippen LogP contribution in [0.15, 0.2) is 33.5 Å². The lowest BCUT2D eigenvalue weighted by molar-refractivity contribution is 0.571. The van der Waals surface area contributed by atoms with Crippen LogP contribution in [0, 0.1) is 0 Å². The smallest absolute Gasteiger partial charge is 0.181 e. The maximum absolute atomic E-state index is 6.09. The van der Waals surface area contributed by atoms with E-state index in [0.717, 1.165) is 10.0 Å². The van der Waals surface area contributed by atoms with Gasteiger partial charge in [-0.1, -0.05) is 27.5 Å². The zero-order valence-corrected chi connectivity index (χ0v) is 10.6. The molecule has 5 heteroatoms. The molecule has 0 saturated carbocycles. The molecule has 0 fully saturated rings. The molecule has 0 aliphatic rings. The molecule has 0 saturated heterocycles. The summed E-state index contributed by atoms with van der Waals surface area (Å²) in [4.78, 5) is 4.01. The molecule has 1 heterocycles. The second kappa shape index (κ2) is 4.56. The zero-order valence-electron chi connectivity index (χ0n) is 7.51. The number of hydrogen-bond donors (Lipinski definition) is 0. The van der Waals surface area contributed by atoms with Crippen molar-refractivity contribution < 1.29 is 4.42 Å². The molecule has 15 heavy (non-hydrogen) atoms. The van der Waals surface area contributed by atoms with Crippen LogP contribution in [0.1, 0.15) is 5.69 Å². The standard InChI is InChI=1S/C10H6BrCl2NO/c11-6-1-2-7(8(13)3-6)10-9(4-12)14-5-15-10/h1-3,5H,4H2. The molecule has 0 bridgehead atoms. The van der Waals surface area contributed by atoms with Gasteiger partial charge in [0.15, 0.2) is 12.2 Å². The van der Waals surface area contributed by atoms with E-state index in [1.807, 2.05) is 12.1 Å². The molecule has 0 N–H and O–H groups in total. The van der Waals surface area contributed by atoms with Crippen molar-refractivity contribution in [1.29, 1.82) is 0 Å². The summed E-state index contributed by atoms with van der Waals surface area (Å²) in [6, 6.07) is 5.56. The molecule has 0 aliphatic heterocycles. The Bertz CT molecular complexity index is 484. The maximum Gasteiger partial charge on any atom is 0.181 e. The molecule has 0 atom stereocenters. The molecule has 2 aromatic rings. The lowest BCUT2D eigenvalue weighted by atomic mass is 10.1. The monoisotopic (exact) mass is 305 g/mol. The average Bonchev–Trinajstić information content (AvgIpc) is 2.65. The summed E-state index contributed by atoms with van der Waals surface area (Å²) >= 11 is 15.2. The van der Waals surface area contributed by atoms with Crippen molar-refractivity contribution in [3.63, 3.8) is 0 Å². The number of alkyl halides is 1. The van der Waals surface area contributed by atoms with Gasteiger partial charge in [-0.3, -0.25) is 0 Å². The van der Waals surface area contributed by atoms with E-state index in [9.17, 15) is 0 Å². The van der Waals surface area contributed by atoms with Crippen molar-refractivity contribution in [2.75, 3.05) is 0 Å². The number of nitrogens with zero attached hydrogens (tertiary/aromatic N) is 1. The third-order valence-corrected chi connectivity index (χ3v) is 3.00. The Kier molecular flexibility index (Phi) is 3.34. The summed E-state index contributed by atoms with van der Waals surface area (Å²) in [7, 11) is 0. The number of hydrogen-bond acceptors (Lipinski definition) is 2. The number of halogens is 3. The van der Waals surface area contributed by atoms with Gasteiger partial charge in [0.25, 0.3) is 0 Å². The van der Waals surface area contributed by atoms with Crippen molar-refractivity contribution in [3.05, 3.63) is 39.8 Å². The third-order valence-electron chi connectivity index (χ3n) is 1.94. The number of oxazole rings is 1. The highest BCUT2D eigenvalue weighted by molar-refractivity contribution is 9.10. The van der Waals surface area contributed by atoms with Crippen molar-refractivity contribution in [1.82, 2.24) is 4.98 Å². The van der Waals surface area contributed by atoms with E-state index >= 15 is 0 Å². The summed E-state index contributed by atoms with van der Waals surface area (Å²) in [5.41, 5.74) is 1.49. The predicted octanol–water partition coefficient (Wildman–Crippen LogP) is 4.50. The average molecular weight is 307 g/mol. The summed E-state index contributed by atoms with van der Waals surface area (Å²) in [5.74, 6) is 0.931. The fraction of sp³-hybridized carbons (Fsp3) is 0.100. The minimum Gasteiger partial charge on any atom is -0.443 e. The Balaban J connectivity index is 2.54. The first-order chi connectivity index (χ1) is 7.22. The van der Waals surface area contributed by atoms with E-state index in [-0.39, 0.29) is 0 Å². The fourth-order valence-corrected chi connectivity index (χ4v) is 2.21. The SMILES string of the molecule is ClCc1ncoc1-c1ccc(Br)cc1Cl. The topological polar surface area (TPSA) is 26.0 Å². The van der Waals surface area contributed by atoms with Gasteiger partial charge in [0.1, 0.15) is 5.69 Å². The Morgan fingerprint density at radius 1 is 1.40 bits per heavy atom. The minimum absolute atomic E-state index is 0.304. The number of benzene rings is 1. The largest absolute Gasteiger partial charge is 0.443 e. The van der Waals surface area contributed by atoms with Crippen LogP contribution < -0.4 is 0 Å². The van der Waals surface area contributed by atoms with Gasteiger partial charge < -0.3 is 4.42 Å². The Morgan fingerprint density at radius 2 is 2.20 bits per heavy atom. The van der Waals surface area contributed by atoms with Gasteiger partial charge in [-0.25, -0.2) is 4.98 Å².